The number of benzene rings is 1. The Morgan fingerprint density at radius 1 is 1.28 bits per heavy atom. The van der Waals surface area contributed by atoms with Gasteiger partial charge in [0.15, 0.2) is 5.82 Å². The van der Waals surface area contributed by atoms with Crippen LogP contribution in [0.3, 0.4) is 0 Å². The first-order valence-electron chi connectivity index (χ1n) is 12.1. The molecule has 190 valence electrons. The van der Waals surface area contributed by atoms with E-state index in [2.05, 4.69) is 16.4 Å². The molecule has 0 saturated heterocycles. The van der Waals surface area contributed by atoms with Crippen LogP contribution >= 0.6 is 0 Å². The smallest absolute Gasteiger partial charge is 0.261 e. The van der Waals surface area contributed by atoms with Gasteiger partial charge in [-0.2, -0.15) is 14.7 Å². The molecule has 0 radical (unpaired) electrons. The third-order valence-electron chi connectivity index (χ3n) is 7.22. The van der Waals surface area contributed by atoms with E-state index in [1.807, 2.05) is 24.6 Å². The summed E-state index contributed by atoms with van der Waals surface area (Å²) in [6.45, 7) is 4.17. The summed E-state index contributed by atoms with van der Waals surface area (Å²) in [5.74, 6) is 0.215. The van der Waals surface area contributed by atoms with Crippen LogP contribution in [-0.4, -0.2) is 46.7 Å². The SMILES string of the molecule is COCC(C)(C)N1Cc2cc(Nc3nn([C@H]4CCCC[C@@H]4C#N)c4cc[nH]c(=O)c34)ccc2S1(=O)=O. The van der Waals surface area contributed by atoms with Gasteiger partial charge in [0.2, 0.25) is 10.0 Å². The van der Waals surface area contributed by atoms with Gasteiger partial charge in [-0.15, -0.1) is 0 Å². The third-order valence-corrected chi connectivity index (χ3v) is 9.38. The fourth-order valence-corrected chi connectivity index (χ4v) is 7.43. The number of aromatic nitrogens is 3. The molecule has 3 heterocycles. The maximum absolute atomic E-state index is 13.2. The largest absolute Gasteiger partial charge is 0.383 e. The molecule has 11 heteroatoms. The predicted molar refractivity (Wildman–Crippen MR) is 135 cm³/mol. The molecule has 1 aliphatic heterocycles. The lowest BCUT2D eigenvalue weighted by molar-refractivity contribution is 0.0819. The van der Waals surface area contributed by atoms with Gasteiger partial charge in [-0.3, -0.25) is 9.48 Å². The number of nitrogens with one attached hydrogen (secondary N) is 2. The van der Waals surface area contributed by atoms with Crippen molar-refractivity contribution in [2.75, 3.05) is 19.0 Å². The van der Waals surface area contributed by atoms with Gasteiger partial charge >= 0.3 is 0 Å². The first kappa shape index (κ1) is 24.5. The van der Waals surface area contributed by atoms with Crippen LogP contribution in [0, 0.1) is 17.2 Å². The van der Waals surface area contributed by atoms with Gasteiger partial charge in [-0.1, -0.05) is 12.8 Å². The molecule has 5 rings (SSSR count). The second kappa shape index (κ2) is 9.03. The van der Waals surface area contributed by atoms with Gasteiger partial charge in [0.25, 0.3) is 5.56 Å². The van der Waals surface area contributed by atoms with Gasteiger partial charge in [-0.25, -0.2) is 8.42 Å². The fourth-order valence-electron chi connectivity index (χ4n) is 5.49. The summed E-state index contributed by atoms with van der Waals surface area (Å²) >= 11 is 0. The molecule has 0 amide bonds. The van der Waals surface area contributed by atoms with Crippen LogP contribution in [0.4, 0.5) is 11.5 Å². The normalized spacial score (nSPS) is 21.8. The number of anilines is 2. The molecule has 1 saturated carbocycles. The summed E-state index contributed by atoms with van der Waals surface area (Å²) in [5, 5.41) is 18.1. The Kier molecular flexibility index (Phi) is 6.14. The third kappa shape index (κ3) is 3.99. The van der Waals surface area contributed by atoms with Crippen LogP contribution < -0.4 is 10.9 Å². The van der Waals surface area contributed by atoms with Crippen LogP contribution in [-0.2, 0) is 21.3 Å². The molecule has 0 unspecified atom stereocenters. The number of hydrogen-bond donors (Lipinski definition) is 2. The summed E-state index contributed by atoms with van der Waals surface area (Å²) in [6.07, 6.45) is 5.24. The molecule has 0 bridgehead atoms. The van der Waals surface area contributed by atoms with Gasteiger partial charge in [0.1, 0.15) is 5.39 Å². The molecule has 1 fully saturated rings. The lowest BCUT2D eigenvalue weighted by atomic mass is 9.85. The first-order valence-corrected chi connectivity index (χ1v) is 13.5. The molecule has 2 atom stereocenters. The second-order valence-corrected chi connectivity index (χ2v) is 12.0. The summed E-state index contributed by atoms with van der Waals surface area (Å²) in [4.78, 5) is 15.8. The Hall–Kier alpha value is -3.20. The van der Waals surface area contributed by atoms with E-state index in [1.54, 1.807) is 31.5 Å². The number of nitriles is 1. The average molecular weight is 511 g/mol. The molecule has 1 aromatic carbocycles. The van der Waals surface area contributed by atoms with Crippen molar-refractivity contribution in [3.63, 3.8) is 0 Å². The number of methoxy groups -OCH3 is 1. The fraction of sp³-hybridized carbons (Fsp3) is 0.480. The number of sulfonamides is 1. The number of rotatable bonds is 6. The Bertz CT molecular complexity index is 1520. The maximum Gasteiger partial charge on any atom is 0.261 e. The maximum atomic E-state index is 13.2. The molecule has 3 aromatic rings. The number of ether oxygens (including phenoxy) is 1. The van der Waals surface area contributed by atoms with E-state index >= 15 is 0 Å². The zero-order valence-electron chi connectivity index (χ0n) is 20.6. The van der Waals surface area contributed by atoms with E-state index in [0.717, 1.165) is 25.7 Å². The van der Waals surface area contributed by atoms with E-state index in [4.69, 9.17) is 9.84 Å². The summed E-state index contributed by atoms with van der Waals surface area (Å²) < 4.78 is 34.9. The Balaban J connectivity index is 1.52. The topological polar surface area (TPSA) is 133 Å². The molecule has 36 heavy (non-hydrogen) atoms. The number of H-pyrrole nitrogens is 1. The number of aromatic amines is 1. The minimum absolute atomic E-state index is 0.106. The molecule has 10 nitrogen and oxygen atoms in total. The Morgan fingerprint density at radius 2 is 2.06 bits per heavy atom. The number of hydrogen-bond acceptors (Lipinski definition) is 7. The van der Waals surface area contributed by atoms with Gasteiger partial charge in [0.05, 0.1) is 40.6 Å². The highest BCUT2D eigenvalue weighted by molar-refractivity contribution is 7.89. The van der Waals surface area contributed by atoms with Crippen LogP contribution in [0.25, 0.3) is 10.9 Å². The van der Waals surface area contributed by atoms with E-state index < -0.39 is 15.6 Å². The van der Waals surface area contributed by atoms with Crippen LogP contribution in [0.1, 0.15) is 51.1 Å². The Morgan fingerprint density at radius 3 is 2.81 bits per heavy atom. The first-order chi connectivity index (χ1) is 17.2. The number of fused-ring (bicyclic) bond motifs is 2. The highest BCUT2D eigenvalue weighted by Crippen LogP contribution is 2.39. The molecular weight excluding hydrogens is 480 g/mol. The lowest BCUT2D eigenvalue weighted by Crippen LogP contribution is -2.47. The average Bonchev–Trinajstić information content (AvgIpc) is 3.34. The molecule has 0 spiro atoms. The predicted octanol–water partition coefficient (Wildman–Crippen LogP) is 3.65. The van der Waals surface area contributed by atoms with Gasteiger partial charge < -0.3 is 15.0 Å². The van der Waals surface area contributed by atoms with Crippen molar-refractivity contribution >= 4 is 32.4 Å². The van der Waals surface area contributed by atoms with Crippen molar-refractivity contribution in [2.24, 2.45) is 5.92 Å². The second-order valence-electron chi connectivity index (χ2n) is 10.2. The van der Waals surface area contributed by atoms with Crippen molar-refractivity contribution < 1.29 is 13.2 Å². The number of pyridine rings is 1. The van der Waals surface area contributed by atoms with Crippen LogP contribution in [0.15, 0.2) is 40.2 Å². The standard InChI is InChI=1S/C25H30N6O4S/c1-25(2,15-35-3)30-14-17-12-18(8-9-21(17)36(30,33)34)28-23-22-20(10-11-27-24(22)32)31(29-23)19-7-5-4-6-16(19)13-26/h8-12,16,19H,4-7,14-15H2,1-3H3,(H,27,32)(H,28,29)/t16-,19+/m1/s1. The highest BCUT2D eigenvalue weighted by atomic mass is 32.2. The minimum atomic E-state index is -3.66. The van der Waals surface area contributed by atoms with E-state index in [1.165, 1.54) is 4.31 Å². The summed E-state index contributed by atoms with van der Waals surface area (Å²) in [7, 11) is -2.10. The molecular formula is C25H30N6O4S. The monoisotopic (exact) mass is 510 g/mol. The zero-order chi connectivity index (χ0) is 25.7. The lowest BCUT2D eigenvalue weighted by Gasteiger charge is -2.33. The van der Waals surface area contributed by atoms with Crippen LogP contribution in [0.5, 0.6) is 0 Å². The minimum Gasteiger partial charge on any atom is -0.383 e. The molecule has 2 aromatic heterocycles. The van der Waals surface area contributed by atoms with Crippen LogP contribution in [0.2, 0.25) is 0 Å². The van der Waals surface area contributed by atoms with E-state index in [9.17, 15) is 18.5 Å². The zero-order valence-corrected chi connectivity index (χ0v) is 21.4. The molecule has 2 N–H and O–H groups in total. The summed E-state index contributed by atoms with van der Waals surface area (Å²) in [6, 6.07) is 9.18. The Labute approximate surface area is 209 Å². The van der Waals surface area contributed by atoms with Gasteiger partial charge in [-0.05, 0) is 56.5 Å². The highest BCUT2D eigenvalue weighted by Gasteiger charge is 2.43. The summed E-state index contributed by atoms with van der Waals surface area (Å²) in [5.41, 5.74) is 0.982. The van der Waals surface area contributed by atoms with Crippen molar-refractivity contribution in [1.82, 2.24) is 19.1 Å². The van der Waals surface area contributed by atoms with Crippen molar-refractivity contribution in [3.05, 3.63) is 46.4 Å². The quantitative estimate of drug-likeness (QED) is 0.517. The van der Waals surface area contributed by atoms with Crippen molar-refractivity contribution in [1.29, 1.82) is 5.26 Å². The number of nitrogens with zero attached hydrogens (tertiary/aromatic N) is 4. The molecule has 1 aliphatic carbocycles. The van der Waals surface area contributed by atoms with E-state index in [-0.39, 0.29) is 35.6 Å². The van der Waals surface area contributed by atoms with Gasteiger partial charge in [0, 0.05) is 25.5 Å². The van der Waals surface area contributed by atoms with Crippen molar-refractivity contribution in [2.45, 2.75) is 62.6 Å². The van der Waals surface area contributed by atoms with Crippen molar-refractivity contribution in [3.8, 4) is 6.07 Å². The molecule has 2 aliphatic rings. The van der Waals surface area contributed by atoms with E-state index in [0.29, 0.717) is 28.0 Å².